The first-order valence-electron chi connectivity index (χ1n) is 3.52. The molecular weight excluding hydrogens is 235 g/mol. The monoisotopic (exact) mass is 239 g/mol. The molecule has 0 spiro atoms. The molecule has 0 bridgehead atoms. The SMILES string of the molecule is Clc1cc(Br)cc2cc[c]cc12. The van der Waals surface area contributed by atoms with Crippen molar-refractivity contribution in [2.45, 2.75) is 0 Å². The smallest absolute Gasteiger partial charge is 0.0495 e. The molecule has 1 radical (unpaired) electrons. The Hall–Kier alpha value is -0.530. The van der Waals surface area contributed by atoms with Gasteiger partial charge in [0.05, 0.1) is 0 Å². The highest BCUT2D eigenvalue weighted by Crippen LogP contribution is 2.27. The quantitative estimate of drug-likeness (QED) is 0.651. The molecule has 2 rings (SSSR count). The summed E-state index contributed by atoms with van der Waals surface area (Å²) in [6.07, 6.45) is 0. The van der Waals surface area contributed by atoms with Crippen molar-refractivity contribution >= 4 is 38.3 Å². The molecule has 0 aromatic heterocycles. The molecule has 0 N–H and O–H groups in total. The minimum Gasteiger partial charge on any atom is -0.0836 e. The fourth-order valence-electron chi connectivity index (χ4n) is 1.16. The Morgan fingerprint density at radius 3 is 3.00 bits per heavy atom. The average Bonchev–Trinajstić information content (AvgIpc) is 2.04. The summed E-state index contributed by atoms with van der Waals surface area (Å²) in [4.78, 5) is 0. The fourth-order valence-corrected chi connectivity index (χ4v) is 2.05. The van der Waals surface area contributed by atoms with Gasteiger partial charge in [-0.3, -0.25) is 0 Å². The topological polar surface area (TPSA) is 0 Å². The first kappa shape index (κ1) is 8.09. The van der Waals surface area contributed by atoms with Crippen LogP contribution in [0, 0.1) is 6.07 Å². The van der Waals surface area contributed by atoms with Crippen LogP contribution < -0.4 is 0 Å². The summed E-state index contributed by atoms with van der Waals surface area (Å²) in [7, 11) is 0. The lowest BCUT2D eigenvalue weighted by atomic mass is 10.1. The Morgan fingerprint density at radius 1 is 1.33 bits per heavy atom. The van der Waals surface area contributed by atoms with Crippen molar-refractivity contribution in [3.8, 4) is 0 Å². The fraction of sp³-hybridized carbons (Fsp3) is 0. The Bertz CT molecular complexity index is 423. The van der Waals surface area contributed by atoms with Crippen LogP contribution in [0.5, 0.6) is 0 Å². The summed E-state index contributed by atoms with van der Waals surface area (Å²) in [6, 6.07) is 12.7. The Labute approximate surface area is 84.3 Å². The summed E-state index contributed by atoms with van der Waals surface area (Å²) in [5, 5.41) is 2.94. The Kier molecular flexibility index (Phi) is 2.07. The van der Waals surface area contributed by atoms with E-state index < -0.39 is 0 Å². The minimum atomic E-state index is 0.760. The highest BCUT2D eigenvalue weighted by atomic mass is 79.9. The zero-order chi connectivity index (χ0) is 8.55. The van der Waals surface area contributed by atoms with Crippen molar-refractivity contribution in [2.24, 2.45) is 0 Å². The van der Waals surface area contributed by atoms with Crippen LogP contribution in [0.25, 0.3) is 10.8 Å². The normalized spacial score (nSPS) is 10.5. The highest BCUT2D eigenvalue weighted by Gasteiger charge is 1.98. The van der Waals surface area contributed by atoms with Crippen LogP contribution in [-0.4, -0.2) is 0 Å². The van der Waals surface area contributed by atoms with Crippen molar-refractivity contribution < 1.29 is 0 Å². The number of fused-ring (bicyclic) bond motifs is 1. The Morgan fingerprint density at radius 2 is 2.17 bits per heavy atom. The van der Waals surface area contributed by atoms with Crippen LogP contribution in [0.4, 0.5) is 0 Å². The first-order chi connectivity index (χ1) is 5.77. The van der Waals surface area contributed by atoms with E-state index in [1.54, 1.807) is 0 Å². The van der Waals surface area contributed by atoms with Crippen LogP contribution in [-0.2, 0) is 0 Å². The number of rotatable bonds is 0. The van der Waals surface area contributed by atoms with E-state index in [-0.39, 0.29) is 0 Å². The van der Waals surface area contributed by atoms with E-state index in [0.29, 0.717) is 0 Å². The van der Waals surface area contributed by atoms with Gasteiger partial charge in [0, 0.05) is 14.9 Å². The number of benzene rings is 2. The van der Waals surface area contributed by atoms with Gasteiger partial charge >= 0.3 is 0 Å². The van der Waals surface area contributed by atoms with Crippen LogP contribution in [0.1, 0.15) is 0 Å². The van der Waals surface area contributed by atoms with Gasteiger partial charge in [-0.2, -0.15) is 0 Å². The second-order valence-corrected chi connectivity index (χ2v) is 3.86. The molecule has 59 valence electrons. The molecule has 0 unspecified atom stereocenters. The third-order valence-corrected chi connectivity index (χ3v) is 2.48. The largest absolute Gasteiger partial charge is 0.0836 e. The van der Waals surface area contributed by atoms with Crippen LogP contribution in [0.2, 0.25) is 5.02 Å². The van der Waals surface area contributed by atoms with E-state index in [4.69, 9.17) is 11.6 Å². The van der Waals surface area contributed by atoms with E-state index in [0.717, 1.165) is 20.3 Å². The molecule has 0 heterocycles. The second-order valence-electron chi connectivity index (χ2n) is 2.53. The van der Waals surface area contributed by atoms with Crippen LogP contribution in [0.3, 0.4) is 0 Å². The summed E-state index contributed by atoms with van der Waals surface area (Å²) in [6.45, 7) is 0. The molecule has 0 fully saturated rings. The van der Waals surface area contributed by atoms with Gasteiger partial charge in [-0.25, -0.2) is 0 Å². The number of hydrogen-bond donors (Lipinski definition) is 0. The molecule has 0 nitrogen and oxygen atoms in total. The zero-order valence-electron chi connectivity index (χ0n) is 6.14. The third kappa shape index (κ3) is 1.35. The molecule has 0 saturated carbocycles. The van der Waals surface area contributed by atoms with Gasteiger partial charge in [0.2, 0.25) is 0 Å². The van der Waals surface area contributed by atoms with Crippen molar-refractivity contribution in [1.29, 1.82) is 0 Å². The summed E-state index contributed by atoms with van der Waals surface area (Å²) in [5.74, 6) is 0. The molecule has 0 aliphatic carbocycles. The molecule has 0 atom stereocenters. The lowest BCUT2D eigenvalue weighted by molar-refractivity contribution is 1.69. The molecule has 12 heavy (non-hydrogen) atoms. The molecule has 2 heteroatoms. The molecule has 0 aliphatic heterocycles. The molecule has 2 aromatic carbocycles. The Balaban J connectivity index is 2.89. The lowest BCUT2D eigenvalue weighted by Gasteiger charge is -1.99. The number of halogens is 2. The van der Waals surface area contributed by atoms with Crippen molar-refractivity contribution in [3.63, 3.8) is 0 Å². The van der Waals surface area contributed by atoms with E-state index >= 15 is 0 Å². The van der Waals surface area contributed by atoms with E-state index in [2.05, 4.69) is 22.0 Å². The number of hydrogen-bond acceptors (Lipinski definition) is 0. The van der Waals surface area contributed by atoms with Crippen molar-refractivity contribution in [1.82, 2.24) is 0 Å². The zero-order valence-corrected chi connectivity index (χ0v) is 8.48. The van der Waals surface area contributed by atoms with E-state index in [9.17, 15) is 0 Å². The molecular formula is C10H5BrCl. The predicted molar refractivity (Wildman–Crippen MR) is 55.5 cm³/mol. The van der Waals surface area contributed by atoms with E-state index in [1.165, 1.54) is 0 Å². The van der Waals surface area contributed by atoms with Gasteiger partial charge in [-0.15, -0.1) is 0 Å². The maximum atomic E-state index is 6.01. The molecule has 0 amide bonds. The van der Waals surface area contributed by atoms with Crippen LogP contribution in [0.15, 0.2) is 34.8 Å². The van der Waals surface area contributed by atoms with Gasteiger partial charge in [0.1, 0.15) is 0 Å². The van der Waals surface area contributed by atoms with Gasteiger partial charge in [-0.05, 0) is 29.7 Å². The standard InChI is InChI=1S/C10H5BrCl/c11-8-5-7-3-1-2-4-9(7)10(12)6-8/h1,3-6H. The molecule has 0 aliphatic rings. The highest BCUT2D eigenvalue weighted by molar-refractivity contribution is 9.10. The lowest BCUT2D eigenvalue weighted by Crippen LogP contribution is -1.74. The maximum Gasteiger partial charge on any atom is 0.0495 e. The first-order valence-corrected chi connectivity index (χ1v) is 4.69. The summed E-state index contributed by atoms with van der Waals surface area (Å²) >= 11 is 9.40. The predicted octanol–water partition coefficient (Wildman–Crippen LogP) is 4.06. The molecule has 0 saturated heterocycles. The summed E-state index contributed by atoms with van der Waals surface area (Å²) in [5.41, 5.74) is 0. The van der Waals surface area contributed by atoms with Gasteiger partial charge in [-0.1, -0.05) is 39.7 Å². The molecule has 2 aromatic rings. The van der Waals surface area contributed by atoms with Crippen LogP contribution >= 0.6 is 27.5 Å². The third-order valence-electron chi connectivity index (χ3n) is 1.71. The summed E-state index contributed by atoms with van der Waals surface area (Å²) < 4.78 is 1.01. The van der Waals surface area contributed by atoms with Crippen molar-refractivity contribution in [2.75, 3.05) is 0 Å². The maximum absolute atomic E-state index is 6.01. The van der Waals surface area contributed by atoms with Gasteiger partial charge in [0.25, 0.3) is 0 Å². The minimum absolute atomic E-state index is 0.760. The van der Waals surface area contributed by atoms with Crippen molar-refractivity contribution in [3.05, 3.63) is 45.9 Å². The van der Waals surface area contributed by atoms with E-state index in [1.807, 2.05) is 30.3 Å². The van der Waals surface area contributed by atoms with Gasteiger partial charge < -0.3 is 0 Å². The van der Waals surface area contributed by atoms with Gasteiger partial charge in [0.15, 0.2) is 0 Å². The second kappa shape index (κ2) is 3.08. The average molecular weight is 241 g/mol.